The van der Waals surface area contributed by atoms with Crippen LogP contribution in [0.3, 0.4) is 0 Å². The smallest absolute Gasteiger partial charge is 0.143 e. The maximum Gasteiger partial charge on any atom is 0.143 e. The van der Waals surface area contributed by atoms with E-state index in [0.717, 1.165) is 16.8 Å². The van der Waals surface area contributed by atoms with E-state index in [4.69, 9.17) is 16.3 Å². The van der Waals surface area contributed by atoms with Crippen LogP contribution >= 0.6 is 11.6 Å². The summed E-state index contributed by atoms with van der Waals surface area (Å²) >= 11 is 6.16. The van der Waals surface area contributed by atoms with E-state index in [-0.39, 0.29) is 5.82 Å². The van der Waals surface area contributed by atoms with Crippen molar-refractivity contribution in [3.05, 3.63) is 70.3 Å². The Hall–Kier alpha value is -2.86. The fourth-order valence-electron chi connectivity index (χ4n) is 2.58. The molecule has 0 radical (unpaired) electrons. The summed E-state index contributed by atoms with van der Waals surface area (Å²) in [7, 11) is 1.59. The highest BCUT2D eigenvalue weighted by Gasteiger charge is 2.09. The minimum Gasteiger partial charge on any atom is -0.495 e. The maximum atomic E-state index is 13.0. The van der Waals surface area contributed by atoms with E-state index in [1.54, 1.807) is 31.4 Å². The number of rotatable bonds is 6. The first-order valence-electron chi connectivity index (χ1n) is 8.40. The Balaban J connectivity index is 1.79. The molecule has 0 fully saturated rings. The number of benzene rings is 2. The standard InChI is InChI=1S/C20H20ClFN4O/c1-12-8-17(18(27-3)9-16(12)21)26-20-10-19(24-13(2)25-20)23-11-14-4-6-15(22)7-5-14/h4-10H,11H2,1-3H3,(H2,23,24,25,26). The second-order valence-electron chi connectivity index (χ2n) is 6.09. The second-order valence-corrected chi connectivity index (χ2v) is 6.50. The minimum atomic E-state index is -0.254. The van der Waals surface area contributed by atoms with Crippen LogP contribution in [-0.4, -0.2) is 17.1 Å². The lowest BCUT2D eigenvalue weighted by atomic mass is 10.2. The maximum absolute atomic E-state index is 13.0. The summed E-state index contributed by atoms with van der Waals surface area (Å²) in [6, 6.07) is 11.8. The number of ether oxygens (including phenoxy) is 1. The minimum absolute atomic E-state index is 0.254. The summed E-state index contributed by atoms with van der Waals surface area (Å²) in [5, 5.41) is 7.12. The Morgan fingerprint density at radius 2 is 1.74 bits per heavy atom. The molecule has 5 nitrogen and oxygen atoms in total. The third kappa shape index (κ3) is 4.86. The molecule has 0 aliphatic heterocycles. The zero-order valence-corrected chi connectivity index (χ0v) is 16.1. The van der Waals surface area contributed by atoms with Gasteiger partial charge < -0.3 is 15.4 Å². The van der Waals surface area contributed by atoms with Crippen LogP contribution in [0.2, 0.25) is 5.02 Å². The van der Waals surface area contributed by atoms with Gasteiger partial charge in [0, 0.05) is 23.7 Å². The second kappa shape index (κ2) is 8.22. The highest BCUT2D eigenvalue weighted by Crippen LogP contribution is 2.33. The molecule has 2 N–H and O–H groups in total. The van der Waals surface area contributed by atoms with E-state index < -0.39 is 0 Å². The van der Waals surface area contributed by atoms with E-state index in [0.29, 0.717) is 34.8 Å². The molecule has 27 heavy (non-hydrogen) atoms. The van der Waals surface area contributed by atoms with Crippen molar-refractivity contribution in [1.82, 2.24) is 9.97 Å². The van der Waals surface area contributed by atoms with Crippen LogP contribution in [0.4, 0.5) is 21.7 Å². The molecule has 7 heteroatoms. The fourth-order valence-corrected chi connectivity index (χ4v) is 2.74. The predicted octanol–water partition coefficient (Wildman–Crippen LogP) is 5.25. The molecule has 0 atom stereocenters. The van der Waals surface area contributed by atoms with Gasteiger partial charge in [0.1, 0.15) is 29.0 Å². The zero-order valence-electron chi connectivity index (χ0n) is 15.3. The molecule has 0 bridgehead atoms. The van der Waals surface area contributed by atoms with Gasteiger partial charge in [-0.2, -0.15) is 0 Å². The summed E-state index contributed by atoms with van der Waals surface area (Å²) in [4.78, 5) is 8.82. The van der Waals surface area contributed by atoms with Crippen molar-refractivity contribution >= 4 is 28.9 Å². The summed E-state index contributed by atoms with van der Waals surface area (Å²) in [5.41, 5.74) is 2.65. The molecular formula is C20H20ClFN4O. The molecule has 3 rings (SSSR count). The average Bonchev–Trinajstić information content (AvgIpc) is 2.63. The third-order valence-corrected chi connectivity index (χ3v) is 4.38. The molecule has 0 aliphatic rings. The lowest BCUT2D eigenvalue weighted by Gasteiger charge is -2.14. The van der Waals surface area contributed by atoms with Crippen molar-refractivity contribution in [2.24, 2.45) is 0 Å². The number of hydrogen-bond acceptors (Lipinski definition) is 5. The summed E-state index contributed by atoms with van der Waals surface area (Å²) < 4.78 is 18.4. The molecule has 1 heterocycles. The first-order chi connectivity index (χ1) is 12.9. The van der Waals surface area contributed by atoms with Gasteiger partial charge in [-0.05, 0) is 43.2 Å². The van der Waals surface area contributed by atoms with E-state index in [9.17, 15) is 4.39 Å². The van der Waals surface area contributed by atoms with Crippen LogP contribution in [-0.2, 0) is 6.54 Å². The summed E-state index contributed by atoms with van der Waals surface area (Å²) in [6.07, 6.45) is 0. The van der Waals surface area contributed by atoms with Gasteiger partial charge in [0.15, 0.2) is 0 Å². The van der Waals surface area contributed by atoms with Crippen molar-refractivity contribution in [2.75, 3.05) is 17.7 Å². The van der Waals surface area contributed by atoms with Gasteiger partial charge in [-0.15, -0.1) is 0 Å². The lowest BCUT2D eigenvalue weighted by molar-refractivity contribution is 0.416. The molecule has 0 amide bonds. The van der Waals surface area contributed by atoms with Gasteiger partial charge in [0.05, 0.1) is 12.8 Å². The van der Waals surface area contributed by atoms with Crippen LogP contribution in [0, 0.1) is 19.7 Å². The number of aryl methyl sites for hydroxylation is 2. The van der Waals surface area contributed by atoms with Gasteiger partial charge in [0.25, 0.3) is 0 Å². The largest absolute Gasteiger partial charge is 0.495 e. The van der Waals surface area contributed by atoms with Gasteiger partial charge in [-0.1, -0.05) is 23.7 Å². The first kappa shape index (κ1) is 18.9. The highest BCUT2D eigenvalue weighted by molar-refractivity contribution is 6.31. The molecule has 0 spiro atoms. The van der Waals surface area contributed by atoms with Crippen LogP contribution < -0.4 is 15.4 Å². The number of aromatic nitrogens is 2. The van der Waals surface area contributed by atoms with Gasteiger partial charge in [0.2, 0.25) is 0 Å². The monoisotopic (exact) mass is 386 g/mol. The third-order valence-electron chi connectivity index (χ3n) is 3.97. The normalized spacial score (nSPS) is 10.6. The van der Waals surface area contributed by atoms with Gasteiger partial charge in [-0.3, -0.25) is 0 Å². The Morgan fingerprint density at radius 3 is 2.44 bits per heavy atom. The first-order valence-corrected chi connectivity index (χ1v) is 8.77. The fraction of sp³-hybridized carbons (Fsp3) is 0.200. The molecule has 0 aliphatic carbocycles. The van der Waals surface area contributed by atoms with Gasteiger partial charge in [-0.25, -0.2) is 14.4 Å². The Labute approximate surface area is 162 Å². The number of anilines is 3. The average molecular weight is 387 g/mol. The van der Waals surface area contributed by atoms with Crippen molar-refractivity contribution < 1.29 is 9.13 Å². The number of nitrogens with zero attached hydrogens (tertiary/aromatic N) is 2. The number of methoxy groups -OCH3 is 1. The Bertz CT molecular complexity index is 947. The zero-order chi connectivity index (χ0) is 19.4. The molecule has 1 aromatic heterocycles. The van der Waals surface area contributed by atoms with E-state index in [1.165, 1.54) is 12.1 Å². The van der Waals surface area contributed by atoms with Crippen molar-refractivity contribution in [2.45, 2.75) is 20.4 Å². The van der Waals surface area contributed by atoms with Crippen LogP contribution in [0.15, 0.2) is 42.5 Å². The number of nitrogens with one attached hydrogen (secondary N) is 2. The van der Waals surface area contributed by atoms with E-state index in [1.807, 2.05) is 19.9 Å². The van der Waals surface area contributed by atoms with Crippen molar-refractivity contribution in [3.63, 3.8) is 0 Å². The lowest BCUT2D eigenvalue weighted by Crippen LogP contribution is -2.05. The quantitative estimate of drug-likeness (QED) is 0.605. The Kier molecular flexibility index (Phi) is 5.76. The highest BCUT2D eigenvalue weighted by atomic mass is 35.5. The summed E-state index contributed by atoms with van der Waals surface area (Å²) in [6.45, 7) is 4.27. The molecule has 0 saturated heterocycles. The van der Waals surface area contributed by atoms with Crippen LogP contribution in [0.5, 0.6) is 5.75 Å². The molecule has 140 valence electrons. The number of halogens is 2. The molecule has 2 aromatic carbocycles. The molecule has 3 aromatic rings. The molecule has 0 saturated carbocycles. The van der Waals surface area contributed by atoms with Crippen LogP contribution in [0.1, 0.15) is 17.0 Å². The predicted molar refractivity (Wildman–Crippen MR) is 107 cm³/mol. The number of hydrogen-bond donors (Lipinski definition) is 2. The van der Waals surface area contributed by atoms with Crippen molar-refractivity contribution in [1.29, 1.82) is 0 Å². The Morgan fingerprint density at radius 1 is 1.04 bits per heavy atom. The molecule has 0 unspecified atom stereocenters. The van der Waals surface area contributed by atoms with Crippen LogP contribution in [0.25, 0.3) is 0 Å². The van der Waals surface area contributed by atoms with Crippen molar-refractivity contribution in [3.8, 4) is 5.75 Å². The molecular weight excluding hydrogens is 367 g/mol. The van der Waals surface area contributed by atoms with E-state index >= 15 is 0 Å². The van der Waals surface area contributed by atoms with E-state index in [2.05, 4.69) is 20.6 Å². The van der Waals surface area contributed by atoms with Gasteiger partial charge >= 0.3 is 0 Å². The summed E-state index contributed by atoms with van der Waals surface area (Å²) in [5.74, 6) is 2.28. The topological polar surface area (TPSA) is 59.1 Å². The SMILES string of the molecule is COc1cc(Cl)c(C)cc1Nc1cc(NCc2ccc(F)cc2)nc(C)n1.